The lowest BCUT2D eigenvalue weighted by Gasteiger charge is -2.35. The second kappa shape index (κ2) is 11.3. The number of aryl methyl sites for hydroxylation is 2. The molecule has 0 radical (unpaired) electrons. The number of halogens is 2. The molecule has 0 unspecified atom stereocenters. The first kappa shape index (κ1) is 28.3. The van der Waals surface area contributed by atoms with E-state index < -0.39 is 27.9 Å². The van der Waals surface area contributed by atoms with E-state index in [1.165, 1.54) is 27.3 Å². The Morgan fingerprint density at radius 1 is 1.20 bits per heavy atom. The number of aromatic carboxylic acids is 1. The maximum Gasteiger partial charge on any atom is 0.358 e. The molecule has 12 heteroatoms. The van der Waals surface area contributed by atoms with Crippen LogP contribution in [0.25, 0.3) is 11.6 Å². The van der Waals surface area contributed by atoms with Crippen LogP contribution in [0.1, 0.15) is 40.5 Å². The van der Waals surface area contributed by atoms with E-state index in [1.807, 2.05) is 13.0 Å². The molecule has 0 saturated heterocycles. The molecule has 0 fully saturated rings. The Morgan fingerprint density at radius 3 is 2.68 bits per heavy atom. The number of carboxylic acid groups (broad SMARTS) is 1. The van der Waals surface area contributed by atoms with Crippen LogP contribution in [0.3, 0.4) is 0 Å². The van der Waals surface area contributed by atoms with Crippen molar-refractivity contribution < 1.29 is 27.4 Å². The Balaban J connectivity index is 1.51. The van der Waals surface area contributed by atoms with Crippen LogP contribution in [0.15, 0.2) is 71.8 Å². The molecule has 2 heterocycles. The molecule has 4 aromatic rings. The zero-order valence-corrected chi connectivity index (χ0v) is 23.7. The number of fused-ring (bicyclic) bond motifs is 1. The van der Waals surface area contributed by atoms with Crippen LogP contribution in [-0.2, 0) is 16.6 Å². The Bertz CT molecular complexity index is 1750. The minimum absolute atomic E-state index is 0.00898. The third-order valence-electron chi connectivity index (χ3n) is 6.67. The summed E-state index contributed by atoms with van der Waals surface area (Å²) in [5.74, 6) is -1.28. The second-order valence-corrected chi connectivity index (χ2v) is 12.0. The third-order valence-corrected chi connectivity index (χ3v) is 8.76. The molecule has 0 amide bonds. The fraction of sp³-hybridized carbons (Fsp3) is 0.207. The Kier molecular flexibility index (Phi) is 7.83. The first-order valence-electron chi connectivity index (χ1n) is 12.7. The quantitative estimate of drug-likeness (QED) is 0.260. The molecule has 1 aliphatic rings. The average Bonchev–Trinajstić information content (AvgIpc) is 3.41. The number of anilines is 1. The maximum absolute atomic E-state index is 14.5. The molecule has 1 atom stereocenters. The minimum Gasteiger partial charge on any atom is -0.486 e. The van der Waals surface area contributed by atoms with E-state index >= 15 is 0 Å². The molecule has 1 N–H and O–H groups in total. The Hall–Kier alpha value is -4.22. The summed E-state index contributed by atoms with van der Waals surface area (Å²) in [4.78, 5) is 11.3. The van der Waals surface area contributed by atoms with Crippen molar-refractivity contribution >= 4 is 44.9 Å². The number of hydrogen-bond donors (Lipinski definition) is 1. The van der Waals surface area contributed by atoms with Crippen molar-refractivity contribution in [3.05, 3.63) is 100 Å². The molecule has 5 rings (SSSR count). The standard InChI is InChI=1S/C29H26ClFN4O5S/c1-18-5-3-6-22(13-18)41(38,39)35-16-21(11-12-34-17-25(29(36)37)32-33-34)40-27-10-9-20(15-26(27)35)14-19(2)28-23(30)7-4-8-24(28)31/h3-10,13-15,17,21H,11-12,16H2,1-2H3,(H,36,37)/b19-14+/t21-/m0/s1. The second-order valence-electron chi connectivity index (χ2n) is 9.70. The lowest BCUT2D eigenvalue weighted by molar-refractivity contribution is 0.0690. The van der Waals surface area contributed by atoms with Gasteiger partial charge in [-0.2, -0.15) is 0 Å². The van der Waals surface area contributed by atoms with E-state index in [0.29, 0.717) is 29.0 Å². The monoisotopic (exact) mass is 596 g/mol. The number of rotatable bonds is 8. The van der Waals surface area contributed by atoms with Gasteiger partial charge in [0, 0.05) is 18.5 Å². The van der Waals surface area contributed by atoms with E-state index in [9.17, 15) is 17.6 Å². The van der Waals surface area contributed by atoms with E-state index in [4.69, 9.17) is 21.4 Å². The van der Waals surface area contributed by atoms with Crippen molar-refractivity contribution in [2.24, 2.45) is 0 Å². The van der Waals surface area contributed by atoms with Crippen molar-refractivity contribution in [2.75, 3.05) is 10.8 Å². The summed E-state index contributed by atoms with van der Waals surface area (Å²) in [5, 5.41) is 16.8. The van der Waals surface area contributed by atoms with Gasteiger partial charge in [0.05, 0.1) is 28.3 Å². The number of nitrogens with zero attached hydrogens (tertiary/aromatic N) is 4. The molecule has 41 heavy (non-hydrogen) atoms. The number of ether oxygens (including phenoxy) is 1. The normalized spacial score (nSPS) is 15.4. The smallest absolute Gasteiger partial charge is 0.358 e. The molecule has 0 spiro atoms. The molecule has 3 aromatic carbocycles. The Morgan fingerprint density at radius 2 is 1.98 bits per heavy atom. The number of sulfonamides is 1. The molecular formula is C29H26ClFN4O5S. The maximum atomic E-state index is 14.5. The summed E-state index contributed by atoms with van der Waals surface area (Å²) in [5.41, 5.74) is 2.44. The van der Waals surface area contributed by atoms with E-state index in [2.05, 4.69) is 10.3 Å². The van der Waals surface area contributed by atoms with Gasteiger partial charge >= 0.3 is 5.97 Å². The van der Waals surface area contributed by atoms with Gasteiger partial charge in [-0.15, -0.1) is 5.10 Å². The van der Waals surface area contributed by atoms with Crippen LogP contribution in [0.2, 0.25) is 5.02 Å². The van der Waals surface area contributed by atoms with Gasteiger partial charge in [0.1, 0.15) is 17.7 Å². The van der Waals surface area contributed by atoms with Crippen molar-refractivity contribution in [1.29, 1.82) is 0 Å². The van der Waals surface area contributed by atoms with Crippen molar-refractivity contribution in [2.45, 2.75) is 37.8 Å². The van der Waals surface area contributed by atoms with Crippen molar-refractivity contribution in [3.63, 3.8) is 0 Å². The Labute approximate surface area is 241 Å². The van der Waals surface area contributed by atoms with E-state index in [-0.39, 0.29) is 34.3 Å². The van der Waals surface area contributed by atoms with Gasteiger partial charge < -0.3 is 9.84 Å². The number of carbonyl (C=O) groups is 1. The van der Waals surface area contributed by atoms with E-state index in [0.717, 1.165) is 5.56 Å². The van der Waals surface area contributed by atoms with Gasteiger partial charge in [-0.1, -0.05) is 47.2 Å². The largest absolute Gasteiger partial charge is 0.486 e. The lowest BCUT2D eigenvalue weighted by atomic mass is 10.0. The van der Waals surface area contributed by atoms with Crippen LogP contribution in [0, 0.1) is 12.7 Å². The fourth-order valence-corrected chi connectivity index (χ4v) is 6.59. The summed E-state index contributed by atoms with van der Waals surface area (Å²) in [6.45, 7) is 3.83. The van der Waals surface area contributed by atoms with Crippen LogP contribution >= 0.6 is 11.6 Å². The highest BCUT2D eigenvalue weighted by Crippen LogP contribution is 2.39. The highest BCUT2D eigenvalue weighted by molar-refractivity contribution is 7.92. The topological polar surface area (TPSA) is 115 Å². The predicted octanol–water partition coefficient (Wildman–Crippen LogP) is 5.68. The number of benzene rings is 3. The van der Waals surface area contributed by atoms with Gasteiger partial charge in [-0.3, -0.25) is 8.99 Å². The van der Waals surface area contributed by atoms with Crippen LogP contribution < -0.4 is 9.04 Å². The molecule has 1 aromatic heterocycles. The minimum atomic E-state index is -3.99. The summed E-state index contributed by atoms with van der Waals surface area (Å²) >= 11 is 6.25. The number of carboxylic acids is 1. The molecular weight excluding hydrogens is 571 g/mol. The van der Waals surface area contributed by atoms with Gasteiger partial charge in [0.15, 0.2) is 5.69 Å². The molecule has 1 aliphatic heterocycles. The zero-order chi connectivity index (χ0) is 29.3. The fourth-order valence-electron chi connectivity index (χ4n) is 4.68. The lowest BCUT2D eigenvalue weighted by Crippen LogP contribution is -2.44. The first-order valence-corrected chi connectivity index (χ1v) is 14.5. The first-order chi connectivity index (χ1) is 19.5. The molecule has 212 valence electrons. The molecule has 0 bridgehead atoms. The number of aromatic nitrogens is 3. The average molecular weight is 597 g/mol. The van der Waals surface area contributed by atoms with Gasteiger partial charge in [0.25, 0.3) is 10.0 Å². The summed E-state index contributed by atoms with van der Waals surface area (Å²) in [7, 11) is -3.99. The predicted molar refractivity (Wildman–Crippen MR) is 153 cm³/mol. The number of allylic oxidation sites excluding steroid dienone is 1. The number of hydrogen-bond acceptors (Lipinski definition) is 6. The molecule has 0 saturated carbocycles. The highest BCUT2D eigenvalue weighted by Gasteiger charge is 2.35. The van der Waals surface area contributed by atoms with Gasteiger partial charge in [0.2, 0.25) is 0 Å². The van der Waals surface area contributed by atoms with Crippen LogP contribution in [0.4, 0.5) is 10.1 Å². The van der Waals surface area contributed by atoms with Crippen LogP contribution in [-0.4, -0.2) is 47.1 Å². The van der Waals surface area contributed by atoms with Gasteiger partial charge in [-0.05, 0) is 66.9 Å². The summed E-state index contributed by atoms with van der Waals surface area (Å²) in [6.07, 6.45) is 2.83. The van der Waals surface area contributed by atoms with Crippen LogP contribution in [0.5, 0.6) is 5.75 Å². The molecule has 9 nitrogen and oxygen atoms in total. The summed E-state index contributed by atoms with van der Waals surface area (Å²) < 4.78 is 51.3. The zero-order valence-electron chi connectivity index (χ0n) is 22.2. The SMILES string of the molecule is C/C(=C\c1ccc2c(c1)N(S(=O)(=O)c1cccc(C)c1)C[C@H](CCn1cc(C(=O)O)nn1)O2)c1c(F)cccc1Cl. The molecule has 0 aliphatic carbocycles. The van der Waals surface area contributed by atoms with Gasteiger partial charge in [-0.25, -0.2) is 17.6 Å². The third kappa shape index (κ3) is 5.96. The van der Waals surface area contributed by atoms with Crippen molar-refractivity contribution in [1.82, 2.24) is 15.0 Å². The van der Waals surface area contributed by atoms with E-state index in [1.54, 1.807) is 55.5 Å². The summed E-state index contributed by atoms with van der Waals surface area (Å²) in [6, 6.07) is 16.3. The van der Waals surface area contributed by atoms with Crippen molar-refractivity contribution in [3.8, 4) is 5.75 Å². The highest BCUT2D eigenvalue weighted by atomic mass is 35.5.